The predicted octanol–water partition coefficient (Wildman–Crippen LogP) is 3.90. The lowest BCUT2D eigenvalue weighted by Crippen LogP contribution is -2.29. The van der Waals surface area contributed by atoms with Crippen molar-refractivity contribution in [1.82, 2.24) is 0 Å². The molecule has 1 heteroatoms. The number of hydrogen-bond donors (Lipinski definition) is 0. The van der Waals surface area contributed by atoms with E-state index in [1.54, 1.807) is 16.9 Å². The molecule has 1 nitrogen and oxygen atoms in total. The van der Waals surface area contributed by atoms with E-state index in [0.717, 1.165) is 6.42 Å². The van der Waals surface area contributed by atoms with Gasteiger partial charge in [0.2, 0.25) is 0 Å². The second kappa shape index (κ2) is 5.32. The van der Waals surface area contributed by atoms with Crippen molar-refractivity contribution in [2.75, 3.05) is 13.6 Å². The van der Waals surface area contributed by atoms with Crippen LogP contribution in [0.15, 0.2) is 35.4 Å². The fourth-order valence-corrected chi connectivity index (χ4v) is 3.40. The van der Waals surface area contributed by atoms with Crippen LogP contribution in [0.1, 0.15) is 43.2 Å². The van der Waals surface area contributed by atoms with Gasteiger partial charge in [0.15, 0.2) is 5.71 Å². The van der Waals surface area contributed by atoms with E-state index in [1.165, 1.54) is 49.8 Å². The van der Waals surface area contributed by atoms with Crippen molar-refractivity contribution < 1.29 is 4.58 Å². The van der Waals surface area contributed by atoms with Gasteiger partial charge >= 0.3 is 0 Å². The zero-order chi connectivity index (χ0) is 13.2. The summed E-state index contributed by atoms with van der Waals surface area (Å²) < 4.78 is 2.49. The molecule has 0 aromatic heterocycles. The molecule has 0 bridgehead atoms. The third-order valence-corrected chi connectivity index (χ3v) is 4.63. The quantitative estimate of drug-likeness (QED) is 0.704. The highest BCUT2D eigenvalue weighted by Gasteiger charge is 2.27. The van der Waals surface area contributed by atoms with Gasteiger partial charge in [-0.05, 0) is 38.2 Å². The molecular weight excluding hydrogens is 230 g/mol. The van der Waals surface area contributed by atoms with Crippen molar-refractivity contribution in [3.05, 3.63) is 46.5 Å². The van der Waals surface area contributed by atoms with E-state index in [1.807, 2.05) is 0 Å². The Hall–Kier alpha value is -1.37. The molecule has 19 heavy (non-hydrogen) atoms. The number of aryl methyl sites for hydroxylation is 1. The molecule has 0 radical (unpaired) electrons. The third-order valence-electron chi connectivity index (χ3n) is 4.63. The summed E-state index contributed by atoms with van der Waals surface area (Å²) in [6, 6.07) is 9.03. The van der Waals surface area contributed by atoms with Gasteiger partial charge in [-0.1, -0.05) is 35.4 Å². The highest BCUT2D eigenvalue weighted by molar-refractivity contribution is 5.99. The Morgan fingerprint density at radius 3 is 2.53 bits per heavy atom. The molecule has 3 rings (SSSR count). The van der Waals surface area contributed by atoms with Crippen molar-refractivity contribution in [3.63, 3.8) is 0 Å². The SMILES string of the molecule is Cc1ccc(CC2=[N+](C)CCC3=C2CCCC3)cc1. The lowest BCUT2D eigenvalue weighted by molar-refractivity contribution is -0.499. The van der Waals surface area contributed by atoms with E-state index in [4.69, 9.17) is 0 Å². The summed E-state index contributed by atoms with van der Waals surface area (Å²) in [5, 5.41) is 0. The second-order valence-electron chi connectivity index (χ2n) is 6.07. The monoisotopic (exact) mass is 254 g/mol. The van der Waals surface area contributed by atoms with E-state index in [-0.39, 0.29) is 0 Å². The first-order valence-electron chi connectivity index (χ1n) is 7.58. The Balaban J connectivity index is 1.89. The molecule has 1 aliphatic heterocycles. The molecule has 1 aliphatic carbocycles. The van der Waals surface area contributed by atoms with Gasteiger partial charge in [-0.3, -0.25) is 0 Å². The standard InChI is InChI=1S/C18H24N/c1-14-7-9-15(10-8-14)13-18-17-6-4-3-5-16(17)11-12-19(18)2/h7-10H,3-6,11-13H2,1-2H3/q+1. The van der Waals surface area contributed by atoms with Crippen LogP contribution >= 0.6 is 0 Å². The fourth-order valence-electron chi connectivity index (χ4n) is 3.40. The molecule has 0 saturated heterocycles. The van der Waals surface area contributed by atoms with E-state index in [9.17, 15) is 0 Å². The number of allylic oxidation sites excluding steroid dienone is 1. The minimum atomic E-state index is 1.11. The molecule has 1 aromatic rings. The van der Waals surface area contributed by atoms with Gasteiger partial charge in [0, 0.05) is 12.0 Å². The van der Waals surface area contributed by atoms with Gasteiger partial charge in [0.25, 0.3) is 0 Å². The molecule has 1 heterocycles. The van der Waals surface area contributed by atoms with Crippen LogP contribution in [0, 0.1) is 6.92 Å². The fraction of sp³-hybridized carbons (Fsp3) is 0.500. The molecule has 0 amide bonds. The van der Waals surface area contributed by atoms with Gasteiger partial charge in [-0.25, -0.2) is 4.58 Å². The maximum absolute atomic E-state index is 2.49. The average Bonchev–Trinajstić information content (AvgIpc) is 2.44. The number of benzene rings is 1. The summed E-state index contributed by atoms with van der Waals surface area (Å²) in [6.07, 6.45) is 7.84. The molecule has 0 saturated carbocycles. The Morgan fingerprint density at radius 1 is 1.00 bits per heavy atom. The molecule has 0 atom stereocenters. The van der Waals surface area contributed by atoms with E-state index in [0.29, 0.717) is 0 Å². The van der Waals surface area contributed by atoms with Crippen molar-refractivity contribution >= 4 is 5.71 Å². The smallest absolute Gasteiger partial charge is 0.183 e. The predicted molar refractivity (Wildman–Crippen MR) is 81.1 cm³/mol. The maximum atomic E-state index is 2.49. The van der Waals surface area contributed by atoms with Crippen LogP contribution in [-0.4, -0.2) is 23.9 Å². The topological polar surface area (TPSA) is 3.01 Å². The number of nitrogens with zero attached hydrogens (tertiary/aromatic N) is 1. The van der Waals surface area contributed by atoms with Crippen LogP contribution in [0.2, 0.25) is 0 Å². The average molecular weight is 254 g/mol. The molecular formula is C18H24N+. The summed E-state index contributed by atoms with van der Waals surface area (Å²) in [7, 11) is 2.27. The van der Waals surface area contributed by atoms with Gasteiger partial charge in [-0.2, -0.15) is 0 Å². The van der Waals surface area contributed by atoms with E-state index >= 15 is 0 Å². The summed E-state index contributed by atoms with van der Waals surface area (Å²) >= 11 is 0. The lowest BCUT2D eigenvalue weighted by Gasteiger charge is -2.24. The summed E-state index contributed by atoms with van der Waals surface area (Å²) in [6.45, 7) is 3.37. The molecule has 2 aliphatic rings. The van der Waals surface area contributed by atoms with Crippen molar-refractivity contribution in [1.29, 1.82) is 0 Å². The van der Waals surface area contributed by atoms with Crippen LogP contribution < -0.4 is 0 Å². The molecule has 0 N–H and O–H groups in total. The Morgan fingerprint density at radius 2 is 1.74 bits per heavy atom. The summed E-state index contributed by atoms with van der Waals surface area (Å²) in [5.74, 6) is 0. The lowest BCUT2D eigenvalue weighted by atomic mass is 9.83. The molecule has 100 valence electrons. The molecule has 0 unspecified atom stereocenters. The minimum absolute atomic E-state index is 1.11. The van der Waals surface area contributed by atoms with Crippen LogP contribution in [0.4, 0.5) is 0 Å². The highest BCUT2D eigenvalue weighted by atomic mass is 15.0. The van der Waals surface area contributed by atoms with Gasteiger partial charge in [0.1, 0.15) is 13.6 Å². The van der Waals surface area contributed by atoms with Gasteiger partial charge < -0.3 is 0 Å². The van der Waals surface area contributed by atoms with Crippen LogP contribution in [0.25, 0.3) is 0 Å². The molecule has 1 aromatic carbocycles. The van der Waals surface area contributed by atoms with E-state index < -0.39 is 0 Å². The van der Waals surface area contributed by atoms with Crippen LogP contribution in [0.3, 0.4) is 0 Å². The van der Waals surface area contributed by atoms with Crippen LogP contribution in [-0.2, 0) is 6.42 Å². The largest absolute Gasteiger partial charge is 0.235 e. The van der Waals surface area contributed by atoms with Crippen molar-refractivity contribution in [3.8, 4) is 0 Å². The maximum Gasteiger partial charge on any atom is 0.183 e. The summed E-state index contributed by atoms with van der Waals surface area (Å²) in [4.78, 5) is 0. The first-order chi connectivity index (χ1) is 9.24. The Labute approximate surface area is 116 Å². The van der Waals surface area contributed by atoms with Gasteiger partial charge in [-0.15, -0.1) is 0 Å². The van der Waals surface area contributed by atoms with Crippen molar-refractivity contribution in [2.45, 2.75) is 45.4 Å². The normalized spacial score (nSPS) is 19.7. The Bertz CT molecular complexity index is 531. The minimum Gasteiger partial charge on any atom is -0.235 e. The zero-order valence-corrected chi connectivity index (χ0v) is 12.2. The third kappa shape index (κ3) is 2.65. The van der Waals surface area contributed by atoms with Crippen molar-refractivity contribution in [2.24, 2.45) is 0 Å². The zero-order valence-electron chi connectivity index (χ0n) is 12.2. The molecule has 0 fully saturated rings. The number of rotatable bonds is 2. The molecule has 0 spiro atoms. The first kappa shape index (κ1) is 12.7. The summed E-state index contributed by atoms with van der Waals surface area (Å²) in [5.41, 5.74) is 7.84. The highest BCUT2D eigenvalue weighted by Crippen LogP contribution is 2.31. The van der Waals surface area contributed by atoms with E-state index in [2.05, 4.69) is 42.8 Å². The second-order valence-corrected chi connectivity index (χ2v) is 6.07. The first-order valence-corrected chi connectivity index (χ1v) is 7.58. The van der Waals surface area contributed by atoms with Gasteiger partial charge in [0.05, 0.1) is 6.42 Å². The van der Waals surface area contributed by atoms with Crippen LogP contribution in [0.5, 0.6) is 0 Å². The number of hydrogen-bond acceptors (Lipinski definition) is 0. The Kier molecular flexibility index (Phi) is 3.54.